The van der Waals surface area contributed by atoms with Crippen LogP contribution in [-0.4, -0.2) is 21.5 Å². The molecule has 0 aliphatic heterocycles. The first-order valence-electron chi connectivity index (χ1n) is 6.12. The van der Waals surface area contributed by atoms with Crippen LogP contribution in [0.4, 0.5) is 5.69 Å². The highest BCUT2D eigenvalue weighted by molar-refractivity contribution is 7.93. The molecule has 0 saturated carbocycles. The van der Waals surface area contributed by atoms with E-state index in [1.807, 2.05) is 6.07 Å². The van der Waals surface area contributed by atoms with E-state index in [0.717, 1.165) is 11.3 Å². The Morgan fingerprint density at radius 3 is 2.86 bits per heavy atom. The summed E-state index contributed by atoms with van der Waals surface area (Å²) in [6.07, 6.45) is 0.182. The van der Waals surface area contributed by atoms with Gasteiger partial charge in [-0.15, -0.1) is 11.3 Å². The predicted molar refractivity (Wildman–Crippen MR) is 82.2 cm³/mol. The van der Waals surface area contributed by atoms with Crippen LogP contribution in [0.15, 0.2) is 40.6 Å². The number of benzene rings is 1. The fourth-order valence-electron chi connectivity index (χ4n) is 1.80. The maximum atomic E-state index is 12.4. The highest BCUT2D eigenvalue weighted by Gasteiger charge is 2.24. The Morgan fingerprint density at radius 2 is 2.18 bits per heavy atom. The Morgan fingerprint density at radius 1 is 1.41 bits per heavy atom. The zero-order valence-corrected chi connectivity index (χ0v) is 13.2. The molecule has 2 rings (SSSR count). The number of carbonyl (C=O) groups excluding carboxylic acids is 1. The molecule has 0 unspecified atom stereocenters. The maximum absolute atomic E-state index is 12.4. The van der Waals surface area contributed by atoms with Gasteiger partial charge in [-0.2, -0.15) is 5.26 Å². The van der Waals surface area contributed by atoms with Crippen molar-refractivity contribution < 1.29 is 17.9 Å². The topological polar surface area (TPSA) is 96.3 Å². The van der Waals surface area contributed by atoms with Crippen LogP contribution < -0.4 is 4.72 Å². The highest BCUT2D eigenvalue weighted by Crippen LogP contribution is 2.25. The van der Waals surface area contributed by atoms with Crippen molar-refractivity contribution in [2.24, 2.45) is 0 Å². The fraction of sp³-hybridized carbons (Fsp3) is 0.143. The van der Waals surface area contributed by atoms with Gasteiger partial charge in [0.05, 0.1) is 19.6 Å². The number of nitrogens with zero attached hydrogens (tertiary/aromatic N) is 1. The molecule has 0 radical (unpaired) electrons. The Balaban J connectivity index is 2.33. The molecule has 0 atom stereocenters. The van der Waals surface area contributed by atoms with Gasteiger partial charge in [-0.05, 0) is 29.1 Å². The van der Waals surface area contributed by atoms with Gasteiger partial charge in [-0.1, -0.05) is 12.1 Å². The standard InChI is InChI=1S/C14H12N2O4S2/c1-20-14(17)13-12(6-8-21-13)22(18,19)16-11-4-2-3-10(9-11)5-7-15/h2-4,6,8-9,16H,5H2,1H3. The van der Waals surface area contributed by atoms with Crippen molar-refractivity contribution in [3.63, 3.8) is 0 Å². The first-order valence-corrected chi connectivity index (χ1v) is 8.48. The highest BCUT2D eigenvalue weighted by atomic mass is 32.2. The summed E-state index contributed by atoms with van der Waals surface area (Å²) in [5, 5.41) is 10.2. The number of hydrogen-bond acceptors (Lipinski definition) is 6. The minimum absolute atomic E-state index is 0.0168. The first kappa shape index (κ1) is 16.0. The third-order valence-electron chi connectivity index (χ3n) is 2.75. The van der Waals surface area contributed by atoms with Crippen molar-refractivity contribution in [1.82, 2.24) is 0 Å². The van der Waals surface area contributed by atoms with Crippen LogP contribution >= 0.6 is 11.3 Å². The molecule has 6 nitrogen and oxygen atoms in total. The van der Waals surface area contributed by atoms with E-state index < -0.39 is 16.0 Å². The lowest BCUT2D eigenvalue weighted by Crippen LogP contribution is -2.15. The van der Waals surface area contributed by atoms with Gasteiger partial charge in [0.25, 0.3) is 10.0 Å². The molecule has 0 aliphatic rings. The fourth-order valence-corrected chi connectivity index (χ4v) is 4.18. The van der Waals surface area contributed by atoms with Crippen LogP contribution in [0.5, 0.6) is 0 Å². The molecule has 0 saturated heterocycles. The summed E-state index contributed by atoms with van der Waals surface area (Å²) >= 11 is 0.994. The van der Waals surface area contributed by atoms with Gasteiger partial charge < -0.3 is 4.74 Å². The zero-order chi connectivity index (χ0) is 16.2. The number of sulfonamides is 1. The molecule has 22 heavy (non-hydrogen) atoms. The molecule has 1 heterocycles. The van der Waals surface area contributed by atoms with Gasteiger partial charge >= 0.3 is 5.97 Å². The number of esters is 1. The second-order valence-corrected chi connectivity index (χ2v) is 6.81. The van der Waals surface area contributed by atoms with Gasteiger partial charge in [0.15, 0.2) is 0 Å². The molecule has 0 aliphatic carbocycles. The van der Waals surface area contributed by atoms with Crippen molar-refractivity contribution in [2.75, 3.05) is 11.8 Å². The summed E-state index contributed by atoms with van der Waals surface area (Å²) in [7, 11) is -2.72. The summed E-state index contributed by atoms with van der Waals surface area (Å²) in [5.74, 6) is -0.700. The molecule has 0 fully saturated rings. The molecule has 8 heteroatoms. The molecule has 1 aromatic heterocycles. The molecular formula is C14H12N2O4S2. The smallest absolute Gasteiger partial charge is 0.349 e. The van der Waals surface area contributed by atoms with E-state index in [0.29, 0.717) is 11.3 Å². The van der Waals surface area contributed by atoms with Crippen molar-refractivity contribution in [2.45, 2.75) is 11.3 Å². The first-order chi connectivity index (χ1) is 10.5. The largest absolute Gasteiger partial charge is 0.465 e. The normalized spacial score (nSPS) is 10.7. The average molecular weight is 336 g/mol. The molecular weight excluding hydrogens is 324 g/mol. The number of rotatable bonds is 5. The van der Waals surface area contributed by atoms with Crippen LogP contribution in [0.1, 0.15) is 15.2 Å². The van der Waals surface area contributed by atoms with E-state index in [-0.39, 0.29) is 16.2 Å². The van der Waals surface area contributed by atoms with E-state index >= 15 is 0 Å². The lowest BCUT2D eigenvalue weighted by molar-refractivity contribution is 0.0602. The Labute approximate surface area is 132 Å². The second kappa shape index (κ2) is 6.60. The van der Waals surface area contributed by atoms with Crippen molar-refractivity contribution >= 4 is 33.0 Å². The number of hydrogen-bond donors (Lipinski definition) is 1. The lowest BCUT2D eigenvalue weighted by Gasteiger charge is -2.09. The number of nitrogens with one attached hydrogen (secondary N) is 1. The zero-order valence-electron chi connectivity index (χ0n) is 11.6. The lowest BCUT2D eigenvalue weighted by atomic mass is 10.1. The van der Waals surface area contributed by atoms with E-state index in [1.165, 1.54) is 18.6 Å². The Bertz CT molecular complexity index is 835. The number of methoxy groups -OCH3 is 1. The summed E-state index contributed by atoms with van der Waals surface area (Å²) < 4.78 is 31.8. The number of anilines is 1. The molecule has 0 bridgehead atoms. The molecule has 2 aromatic rings. The van der Waals surface area contributed by atoms with Crippen LogP contribution in [0.3, 0.4) is 0 Å². The SMILES string of the molecule is COC(=O)c1sccc1S(=O)(=O)Nc1cccc(CC#N)c1. The summed E-state index contributed by atoms with van der Waals surface area (Å²) in [5.41, 5.74) is 1.02. The minimum Gasteiger partial charge on any atom is -0.465 e. The predicted octanol–water partition coefficient (Wildman–Crippen LogP) is 2.40. The van der Waals surface area contributed by atoms with E-state index in [4.69, 9.17) is 5.26 Å². The monoisotopic (exact) mass is 336 g/mol. The van der Waals surface area contributed by atoms with Gasteiger partial charge in [0.1, 0.15) is 9.77 Å². The minimum atomic E-state index is -3.91. The third kappa shape index (κ3) is 3.44. The molecule has 0 spiro atoms. The van der Waals surface area contributed by atoms with Crippen LogP contribution in [0, 0.1) is 11.3 Å². The maximum Gasteiger partial charge on any atom is 0.349 e. The van der Waals surface area contributed by atoms with Crippen LogP contribution in [0.25, 0.3) is 0 Å². The number of thiophene rings is 1. The summed E-state index contributed by atoms with van der Waals surface area (Å²) in [4.78, 5) is 11.5. The molecule has 1 N–H and O–H groups in total. The third-order valence-corrected chi connectivity index (χ3v) is 5.20. The van der Waals surface area contributed by atoms with Crippen molar-refractivity contribution in [3.8, 4) is 6.07 Å². The molecule has 114 valence electrons. The van der Waals surface area contributed by atoms with E-state index in [2.05, 4.69) is 9.46 Å². The average Bonchev–Trinajstić information content (AvgIpc) is 2.97. The van der Waals surface area contributed by atoms with Gasteiger partial charge in [-0.3, -0.25) is 4.72 Å². The number of ether oxygens (including phenoxy) is 1. The quantitative estimate of drug-likeness (QED) is 0.846. The van der Waals surface area contributed by atoms with E-state index in [9.17, 15) is 13.2 Å². The van der Waals surface area contributed by atoms with Crippen molar-refractivity contribution in [1.29, 1.82) is 5.26 Å². The number of carbonyl (C=O) groups is 1. The van der Waals surface area contributed by atoms with Gasteiger partial charge in [0, 0.05) is 5.69 Å². The second-order valence-electron chi connectivity index (χ2n) is 4.25. The van der Waals surface area contributed by atoms with Crippen molar-refractivity contribution in [3.05, 3.63) is 46.2 Å². The summed E-state index contributed by atoms with van der Waals surface area (Å²) in [6.45, 7) is 0. The van der Waals surface area contributed by atoms with Gasteiger partial charge in [-0.25, -0.2) is 13.2 Å². The number of nitriles is 1. The molecule has 1 aromatic carbocycles. The van der Waals surface area contributed by atoms with Gasteiger partial charge in [0.2, 0.25) is 0 Å². The summed E-state index contributed by atoms with van der Waals surface area (Å²) in [6, 6.07) is 9.87. The van der Waals surface area contributed by atoms with Crippen LogP contribution in [-0.2, 0) is 21.2 Å². The molecule has 0 amide bonds. The van der Waals surface area contributed by atoms with Crippen LogP contribution in [0.2, 0.25) is 0 Å². The van der Waals surface area contributed by atoms with E-state index in [1.54, 1.807) is 24.3 Å². The Kier molecular flexibility index (Phi) is 4.80. The Hall–Kier alpha value is -2.37.